The van der Waals surface area contributed by atoms with Crippen molar-refractivity contribution in [1.29, 1.82) is 0 Å². The number of carbonyl (C=O) groups excluding carboxylic acids is 1. The predicted molar refractivity (Wildman–Crippen MR) is 89.9 cm³/mol. The molecular formula is C19H29NO2. The average Bonchev–Trinajstić information content (AvgIpc) is 2.45. The van der Waals surface area contributed by atoms with Crippen LogP contribution in [0.2, 0.25) is 0 Å². The van der Waals surface area contributed by atoms with E-state index >= 15 is 0 Å². The van der Waals surface area contributed by atoms with Crippen LogP contribution in [0.1, 0.15) is 54.9 Å². The van der Waals surface area contributed by atoms with Crippen LogP contribution in [0.3, 0.4) is 0 Å². The van der Waals surface area contributed by atoms with Gasteiger partial charge in [0.25, 0.3) is 0 Å². The van der Waals surface area contributed by atoms with E-state index < -0.39 is 5.54 Å². The van der Waals surface area contributed by atoms with E-state index in [2.05, 4.69) is 45.1 Å². The van der Waals surface area contributed by atoms with Gasteiger partial charge in [0, 0.05) is 0 Å². The fraction of sp³-hybridized carbons (Fsp3) is 0.632. The van der Waals surface area contributed by atoms with Gasteiger partial charge in [0.15, 0.2) is 0 Å². The Kier molecular flexibility index (Phi) is 5.28. The summed E-state index contributed by atoms with van der Waals surface area (Å²) in [6.45, 7) is 8.48. The summed E-state index contributed by atoms with van der Waals surface area (Å²) in [5.41, 5.74) is 4.27. The molecule has 0 unspecified atom stereocenters. The van der Waals surface area contributed by atoms with Crippen LogP contribution in [-0.2, 0) is 11.2 Å². The molecule has 0 heterocycles. The molecule has 3 nitrogen and oxygen atoms in total. The monoisotopic (exact) mass is 303 g/mol. The lowest BCUT2D eigenvalue weighted by Gasteiger charge is -2.38. The molecule has 0 aliphatic heterocycles. The van der Waals surface area contributed by atoms with E-state index in [1.165, 1.54) is 16.7 Å². The van der Waals surface area contributed by atoms with Gasteiger partial charge in [-0.3, -0.25) is 4.79 Å². The second-order valence-corrected chi connectivity index (χ2v) is 7.22. The zero-order chi connectivity index (χ0) is 16.3. The zero-order valence-electron chi connectivity index (χ0n) is 14.3. The van der Waals surface area contributed by atoms with Gasteiger partial charge in [-0.15, -0.1) is 0 Å². The molecule has 1 aliphatic rings. The number of rotatable bonds is 4. The van der Waals surface area contributed by atoms with Gasteiger partial charge in [-0.2, -0.15) is 0 Å². The number of hydrogen-bond donors (Lipinski definition) is 2. The fourth-order valence-corrected chi connectivity index (χ4v) is 3.63. The van der Waals surface area contributed by atoms with Gasteiger partial charge in [0.1, 0.15) is 0 Å². The Balaban J connectivity index is 2.06. The average molecular weight is 303 g/mol. The molecule has 0 spiro atoms. The fourth-order valence-electron chi connectivity index (χ4n) is 3.63. The van der Waals surface area contributed by atoms with Gasteiger partial charge >= 0.3 is 0 Å². The van der Waals surface area contributed by atoms with E-state index in [9.17, 15) is 9.90 Å². The van der Waals surface area contributed by atoms with Crippen LogP contribution >= 0.6 is 0 Å². The minimum atomic E-state index is -0.407. The highest BCUT2D eigenvalue weighted by Gasteiger charge is 2.35. The molecule has 1 aromatic rings. The van der Waals surface area contributed by atoms with Crippen LogP contribution in [0.5, 0.6) is 0 Å². The van der Waals surface area contributed by atoms with Gasteiger partial charge in [-0.25, -0.2) is 0 Å². The van der Waals surface area contributed by atoms with Gasteiger partial charge in [0.05, 0.1) is 18.6 Å². The van der Waals surface area contributed by atoms with Crippen LogP contribution in [0.4, 0.5) is 0 Å². The highest BCUT2D eigenvalue weighted by Crippen LogP contribution is 2.31. The summed E-state index contributed by atoms with van der Waals surface area (Å²) < 4.78 is 0. The van der Waals surface area contributed by atoms with E-state index in [0.29, 0.717) is 12.3 Å². The van der Waals surface area contributed by atoms with E-state index in [1.54, 1.807) is 0 Å². The predicted octanol–water partition coefficient (Wildman–Crippen LogP) is 3.21. The van der Waals surface area contributed by atoms with Crippen LogP contribution < -0.4 is 5.32 Å². The SMILES string of the molecule is Cc1cc(C)c(CC(=O)NC2(CO)CCC(C)CC2)c(C)c1. The molecule has 0 radical (unpaired) electrons. The number of carbonyl (C=O) groups is 1. The highest BCUT2D eigenvalue weighted by atomic mass is 16.3. The topological polar surface area (TPSA) is 49.3 Å². The first-order valence-electron chi connectivity index (χ1n) is 8.34. The van der Waals surface area contributed by atoms with Gasteiger partial charge in [-0.05, 0) is 69.1 Å². The third-order valence-corrected chi connectivity index (χ3v) is 5.12. The number of benzene rings is 1. The Morgan fingerprint density at radius 1 is 1.23 bits per heavy atom. The highest BCUT2D eigenvalue weighted by molar-refractivity contribution is 5.80. The van der Waals surface area contributed by atoms with E-state index in [-0.39, 0.29) is 12.5 Å². The minimum absolute atomic E-state index is 0.0265. The number of amides is 1. The molecule has 122 valence electrons. The number of aliphatic hydroxyl groups is 1. The quantitative estimate of drug-likeness (QED) is 0.897. The van der Waals surface area contributed by atoms with Crippen molar-refractivity contribution >= 4 is 5.91 Å². The van der Waals surface area contributed by atoms with Crippen molar-refractivity contribution in [3.63, 3.8) is 0 Å². The molecule has 3 heteroatoms. The third-order valence-electron chi connectivity index (χ3n) is 5.12. The molecule has 1 aromatic carbocycles. The molecule has 0 atom stereocenters. The Hall–Kier alpha value is -1.35. The number of aryl methyl sites for hydroxylation is 3. The van der Waals surface area contributed by atoms with Crippen LogP contribution in [-0.4, -0.2) is 23.2 Å². The van der Waals surface area contributed by atoms with E-state index in [4.69, 9.17) is 0 Å². The molecule has 22 heavy (non-hydrogen) atoms. The van der Waals surface area contributed by atoms with Gasteiger partial charge in [0.2, 0.25) is 5.91 Å². The summed E-state index contributed by atoms with van der Waals surface area (Å²) in [5, 5.41) is 12.9. The molecule has 0 aromatic heterocycles. The Bertz CT molecular complexity index is 519. The minimum Gasteiger partial charge on any atom is -0.394 e. The smallest absolute Gasteiger partial charge is 0.224 e. The Morgan fingerprint density at radius 3 is 2.27 bits per heavy atom. The van der Waals surface area contributed by atoms with Crippen molar-refractivity contribution in [3.8, 4) is 0 Å². The van der Waals surface area contributed by atoms with E-state index in [0.717, 1.165) is 31.2 Å². The van der Waals surface area contributed by atoms with Crippen molar-refractivity contribution in [2.45, 2.75) is 65.3 Å². The van der Waals surface area contributed by atoms with Crippen molar-refractivity contribution in [1.82, 2.24) is 5.32 Å². The standard InChI is InChI=1S/C19H29NO2/c1-13-5-7-19(12-21,8-6-13)20-18(22)11-17-15(3)9-14(2)10-16(17)4/h9-10,13,21H,5-8,11-12H2,1-4H3,(H,20,22). The molecule has 2 N–H and O–H groups in total. The second-order valence-electron chi connectivity index (χ2n) is 7.22. The summed E-state index contributed by atoms with van der Waals surface area (Å²) in [6, 6.07) is 4.25. The lowest BCUT2D eigenvalue weighted by atomic mass is 9.77. The maximum absolute atomic E-state index is 12.5. The van der Waals surface area contributed by atoms with Crippen LogP contribution in [0.25, 0.3) is 0 Å². The second kappa shape index (κ2) is 6.82. The number of hydrogen-bond acceptors (Lipinski definition) is 2. The largest absolute Gasteiger partial charge is 0.394 e. The maximum Gasteiger partial charge on any atom is 0.224 e. The summed E-state index contributed by atoms with van der Waals surface area (Å²) >= 11 is 0. The molecule has 1 fully saturated rings. The summed E-state index contributed by atoms with van der Waals surface area (Å²) in [7, 11) is 0. The lowest BCUT2D eigenvalue weighted by molar-refractivity contribution is -0.123. The summed E-state index contributed by atoms with van der Waals surface area (Å²) in [4.78, 5) is 12.5. The lowest BCUT2D eigenvalue weighted by Crippen LogP contribution is -2.53. The summed E-state index contributed by atoms with van der Waals surface area (Å²) in [6.07, 6.45) is 4.30. The van der Waals surface area contributed by atoms with Crippen molar-refractivity contribution in [2.24, 2.45) is 5.92 Å². The zero-order valence-corrected chi connectivity index (χ0v) is 14.3. The number of aliphatic hydroxyl groups excluding tert-OH is 1. The molecule has 0 saturated heterocycles. The normalized spacial score (nSPS) is 25.0. The first-order valence-corrected chi connectivity index (χ1v) is 8.34. The van der Waals surface area contributed by atoms with Crippen molar-refractivity contribution in [3.05, 3.63) is 34.4 Å². The molecular weight excluding hydrogens is 274 g/mol. The molecule has 1 aliphatic carbocycles. The maximum atomic E-state index is 12.5. The third kappa shape index (κ3) is 3.89. The molecule has 1 saturated carbocycles. The Labute approximate surface area is 134 Å². The van der Waals surface area contributed by atoms with Crippen molar-refractivity contribution in [2.75, 3.05) is 6.61 Å². The number of nitrogens with one attached hydrogen (secondary N) is 1. The molecule has 0 bridgehead atoms. The van der Waals surface area contributed by atoms with Crippen LogP contribution in [0, 0.1) is 26.7 Å². The van der Waals surface area contributed by atoms with Crippen LogP contribution in [0.15, 0.2) is 12.1 Å². The first-order chi connectivity index (χ1) is 10.3. The first kappa shape index (κ1) is 17.0. The van der Waals surface area contributed by atoms with Crippen molar-refractivity contribution < 1.29 is 9.90 Å². The van der Waals surface area contributed by atoms with Gasteiger partial charge < -0.3 is 10.4 Å². The summed E-state index contributed by atoms with van der Waals surface area (Å²) in [5.74, 6) is 0.719. The molecule has 2 rings (SSSR count). The van der Waals surface area contributed by atoms with E-state index in [1.807, 2.05) is 0 Å². The Morgan fingerprint density at radius 2 is 1.77 bits per heavy atom. The molecule has 1 amide bonds. The van der Waals surface area contributed by atoms with Gasteiger partial charge in [-0.1, -0.05) is 24.6 Å².